The number of halogens is 1. The van der Waals surface area contributed by atoms with Crippen molar-refractivity contribution < 1.29 is 18.8 Å². The number of hydrogen-bond donors (Lipinski definition) is 1. The van der Waals surface area contributed by atoms with E-state index in [1.165, 1.54) is 19.3 Å². The van der Waals surface area contributed by atoms with E-state index in [0.717, 1.165) is 10.5 Å². The summed E-state index contributed by atoms with van der Waals surface area (Å²) in [6.45, 7) is 1.79. The number of rotatable bonds is 4. The Bertz CT molecular complexity index is 1190. The number of amides is 3. The van der Waals surface area contributed by atoms with Crippen LogP contribution < -0.4 is 5.32 Å². The van der Waals surface area contributed by atoms with Crippen molar-refractivity contribution in [3.63, 3.8) is 0 Å². The van der Waals surface area contributed by atoms with E-state index < -0.39 is 17.6 Å². The Hall–Kier alpha value is -3.87. The average molecular weight is 403 g/mol. The average Bonchev–Trinajstić information content (AvgIpc) is 2.92. The van der Waals surface area contributed by atoms with E-state index in [0.29, 0.717) is 16.7 Å². The Morgan fingerprint density at radius 1 is 1.10 bits per heavy atom. The Morgan fingerprint density at radius 3 is 2.53 bits per heavy atom. The van der Waals surface area contributed by atoms with Crippen molar-refractivity contribution in [1.29, 1.82) is 0 Å². The lowest BCUT2D eigenvalue weighted by Gasteiger charge is -2.10. The molecule has 1 aliphatic rings. The van der Waals surface area contributed by atoms with Crippen LogP contribution in [0, 0.1) is 12.7 Å². The van der Waals surface area contributed by atoms with E-state index >= 15 is 0 Å². The van der Waals surface area contributed by atoms with Crippen LogP contribution in [0.4, 0.5) is 10.1 Å². The van der Waals surface area contributed by atoms with Crippen molar-refractivity contribution in [1.82, 2.24) is 9.88 Å². The Morgan fingerprint density at radius 2 is 1.83 bits per heavy atom. The molecular weight excluding hydrogens is 385 g/mol. The van der Waals surface area contributed by atoms with Crippen molar-refractivity contribution in [2.45, 2.75) is 13.3 Å². The maximum Gasteiger partial charge on any atom is 0.261 e. The number of carbonyl (C=O) groups excluding carboxylic acids is 3. The molecule has 0 saturated carbocycles. The number of nitrogens with one attached hydrogen (secondary N) is 1. The summed E-state index contributed by atoms with van der Waals surface area (Å²) in [6, 6.07) is 13.5. The number of pyridine rings is 1. The third-order valence-corrected chi connectivity index (χ3v) is 4.94. The summed E-state index contributed by atoms with van der Waals surface area (Å²) in [7, 11) is 1.41. The van der Waals surface area contributed by atoms with Gasteiger partial charge in [-0.25, -0.2) is 4.39 Å². The minimum Gasteiger partial charge on any atom is -0.324 e. The highest BCUT2D eigenvalue weighted by Gasteiger charge is 2.35. The molecule has 1 aliphatic heterocycles. The normalized spacial score (nSPS) is 12.8. The molecule has 2 heterocycles. The van der Waals surface area contributed by atoms with Crippen molar-refractivity contribution in [2.24, 2.45) is 0 Å². The lowest BCUT2D eigenvalue weighted by Crippen LogP contribution is -2.24. The number of hydrogen-bond acceptors (Lipinski definition) is 4. The molecule has 1 N–H and O–H groups in total. The van der Waals surface area contributed by atoms with E-state index in [1.54, 1.807) is 43.3 Å². The van der Waals surface area contributed by atoms with Gasteiger partial charge in [-0.2, -0.15) is 0 Å². The summed E-state index contributed by atoms with van der Waals surface area (Å²) in [5.41, 5.74) is 2.80. The van der Waals surface area contributed by atoms with Gasteiger partial charge in [-0.15, -0.1) is 0 Å². The molecule has 1 aromatic heterocycles. The number of carbonyl (C=O) groups is 3. The number of benzene rings is 2. The first-order chi connectivity index (χ1) is 14.3. The highest BCUT2D eigenvalue weighted by molar-refractivity contribution is 6.22. The fraction of sp³-hybridized carbons (Fsp3) is 0.130. The molecule has 0 saturated heterocycles. The van der Waals surface area contributed by atoms with Crippen LogP contribution in [0.5, 0.6) is 0 Å². The third kappa shape index (κ3) is 3.45. The summed E-state index contributed by atoms with van der Waals surface area (Å²) >= 11 is 0. The number of imide groups is 1. The zero-order chi connectivity index (χ0) is 21.4. The Balaban J connectivity index is 1.56. The first kappa shape index (κ1) is 19.4. The molecule has 0 radical (unpaired) electrons. The standard InChI is InChI=1S/C23H18FN3O3/c1-13-8-15(20-17(9-13)22(29)27(2)23(20)30)10-19(28)26-16-11-18(24)21(25-12-16)14-6-4-3-5-7-14/h3-9,11-12H,10H2,1-2H3,(H,26,28). The third-order valence-electron chi connectivity index (χ3n) is 4.94. The number of nitrogens with zero attached hydrogens (tertiary/aromatic N) is 2. The van der Waals surface area contributed by atoms with Crippen LogP contribution in [0.3, 0.4) is 0 Å². The van der Waals surface area contributed by atoms with Crippen LogP contribution in [-0.4, -0.2) is 34.7 Å². The molecule has 2 aromatic carbocycles. The molecule has 0 unspecified atom stereocenters. The van der Waals surface area contributed by atoms with Crippen LogP contribution in [-0.2, 0) is 11.2 Å². The summed E-state index contributed by atoms with van der Waals surface area (Å²) in [5, 5.41) is 2.61. The quantitative estimate of drug-likeness (QED) is 0.675. The van der Waals surface area contributed by atoms with Gasteiger partial charge in [0.05, 0.1) is 29.4 Å². The van der Waals surface area contributed by atoms with Crippen LogP contribution >= 0.6 is 0 Å². The van der Waals surface area contributed by atoms with Gasteiger partial charge in [0, 0.05) is 18.7 Å². The van der Waals surface area contributed by atoms with Crippen LogP contribution in [0.2, 0.25) is 0 Å². The van der Waals surface area contributed by atoms with Gasteiger partial charge in [0.1, 0.15) is 5.69 Å². The highest BCUT2D eigenvalue weighted by atomic mass is 19.1. The van der Waals surface area contributed by atoms with Gasteiger partial charge in [-0.1, -0.05) is 36.4 Å². The van der Waals surface area contributed by atoms with Gasteiger partial charge in [0.25, 0.3) is 11.8 Å². The van der Waals surface area contributed by atoms with Crippen molar-refractivity contribution in [2.75, 3.05) is 12.4 Å². The van der Waals surface area contributed by atoms with E-state index in [1.807, 2.05) is 6.07 Å². The highest BCUT2D eigenvalue weighted by Crippen LogP contribution is 2.27. The maximum atomic E-state index is 14.5. The molecule has 4 rings (SSSR count). The number of aryl methyl sites for hydroxylation is 1. The molecule has 0 fully saturated rings. The van der Waals surface area contributed by atoms with E-state index in [2.05, 4.69) is 10.3 Å². The van der Waals surface area contributed by atoms with Gasteiger partial charge in [-0.3, -0.25) is 24.3 Å². The molecule has 30 heavy (non-hydrogen) atoms. The fourth-order valence-electron chi connectivity index (χ4n) is 3.56. The van der Waals surface area contributed by atoms with Gasteiger partial charge < -0.3 is 5.32 Å². The number of anilines is 1. The van der Waals surface area contributed by atoms with Crippen LogP contribution in [0.1, 0.15) is 31.8 Å². The lowest BCUT2D eigenvalue weighted by molar-refractivity contribution is -0.115. The maximum absolute atomic E-state index is 14.5. The second-order valence-corrected chi connectivity index (χ2v) is 7.16. The first-order valence-corrected chi connectivity index (χ1v) is 9.32. The second kappa shape index (κ2) is 7.51. The first-order valence-electron chi connectivity index (χ1n) is 9.32. The van der Waals surface area contributed by atoms with Gasteiger partial charge in [0.2, 0.25) is 5.91 Å². The van der Waals surface area contributed by atoms with Crippen molar-refractivity contribution in [3.8, 4) is 11.3 Å². The van der Waals surface area contributed by atoms with Gasteiger partial charge in [0.15, 0.2) is 5.82 Å². The lowest BCUT2D eigenvalue weighted by atomic mass is 9.97. The minimum atomic E-state index is -0.558. The molecule has 0 atom stereocenters. The van der Waals surface area contributed by atoms with Gasteiger partial charge in [-0.05, 0) is 24.1 Å². The summed E-state index contributed by atoms with van der Waals surface area (Å²) in [5.74, 6) is -1.81. The van der Waals surface area contributed by atoms with Crippen molar-refractivity contribution >= 4 is 23.4 Å². The number of aromatic nitrogens is 1. The molecule has 0 bridgehead atoms. The molecule has 0 spiro atoms. The second-order valence-electron chi connectivity index (χ2n) is 7.16. The Kier molecular flexibility index (Phi) is 4.87. The van der Waals surface area contributed by atoms with Crippen LogP contribution in [0.15, 0.2) is 54.7 Å². The monoisotopic (exact) mass is 403 g/mol. The summed E-state index contributed by atoms with van der Waals surface area (Å²) in [4.78, 5) is 42.3. The predicted octanol–water partition coefficient (Wildman–Crippen LogP) is 3.60. The SMILES string of the molecule is Cc1cc(CC(=O)Nc2cnc(-c3ccccc3)c(F)c2)c2c(c1)C(=O)N(C)C2=O. The molecule has 7 heteroatoms. The van der Waals surface area contributed by atoms with Crippen molar-refractivity contribution in [3.05, 3.63) is 82.8 Å². The minimum absolute atomic E-state index is 0.126. The smallest absolute Gasteiger partial charge is 0.261 e. The fourth-order valence-corrected chi connectivity index (χ4v) is 3.56. The molecule has 3 aromatic rings. The molecule has 0 aliphatic carbocycles. The van der Waals surface area contributed by atoms with Crippen LogP contribution in [0.25, 0.3) is 11.3 Å². The number of fused-ring (bicyclic) bond motifs is 1. The van der Waals surface area contributed by atoms with E-state index in [9.17, 15) is 18.8 Å². The topological polar surface area (TPSA) is 79.4 Å². The zero-order valence-electron chi connectivity index (χ0n) is 16.4. The van der Waals surface area contributed by atoms with Gasteiger partial charge >= 0.3 is 0 Å². The molecular formula is C23H18FN3O3. The van der Waals surface area contributed by atoms with E-state index in [4.69, 9.17) is 0 Å². The Labute approximate surface area is 172 Å². The summed E-state index contributed by atoms with van der Waals surface area (Å²) in [6.07, 6.45) is 1.26. The predicted molar refractivity (Wildman–Crippen MR) is 110 cm³/mol. The zero-order valence-corrected chi connectivity index (χ0v) is 16.4. The molecule has 6 nitrogen and oxygen atoms in total. The largest absolute Gasteiger partial charge is 0.324 e. The molecule has 3 amide bonds. The summed E-state index contributed by atoms with van der Waals surface area (Å²) < 4.78 is 14.5. The van der Waals surface area contributed by atoms with E-state index in [-0.39, 0.29) is 29.3 Å². The molecule has 150 valence electrons.